The Bertz CT molecular complexity index is 1360. The van der Waals surface area contributed by atoms with E-state index in [0.717, 1.165) is 5.56 Å². The lowest BCUT2D eigenvalue weighted by Gasteiger charge is -2.10. The number of aromatic nitrogens is 3. The van der Waals surface area contributed by atoms with Gasteiger partial charge in [-0.25, -0.2) is 9.78 Å². The van der Waals surface area contributed by atoms with Crippen LogP contribution in [-0.2, 0) is 6.54 Å². The molecule has 0 saturated carbocycles. The number of ketones is 1. The van der Waals surface area contributed by atoms with Crippen LogP contribution in [0.15, 0.2) is 70.4 Å². The third kappa shape index (κ3) is 3.55. The molecule has 2 aromatic carbocycles. The maximum atomic E-state index is 12.8. The molecule has 4 rings (SSSR count). The molecule has 0 radical (unpaired) electrons. The average Bonchev–Trinajstić information content (AvgIpc) is 2.73. The van der Waals surface area contributed by atoms with Crippen molar-refractivity contribution in [2.24, 2.45) is 0 Å². The Morgan fingerprint density at radius 2 is 1.86 bits per heavy atom. The number of nitrogens with zero attached hydrogens (tertiary/aromatic N) is 2. The third-order valence-electron chi connectivity index (χ3n) is 4.48. The number of rotatable bonds is 4. The molecular formula is C21H14ClN3O4. The third-order valence-corrected chi connectivity index (χ3v) is 4.72. The summed E-state index contributed by atoms with van der Waals surface area (Å²) < 4.78 is 1.33. The number of halogens is 1. The number of carbonyl (C=O) groups is 1. The topological polar surface area (TPSA) is 105 Å². The Kier molecular flexibility index (Phi) is 4.74. The maximum Gasteiger partial charge on any atom is 0.330 e. The molecule has 0 saturated heterocycles. The summed E-state index contributed by atoms with van der Waals surface area (Å²) in [4.78, 5) is 43.9. The zero-order valence-electron chi connectivity index (χ0n) is 14.9. The number of phenolic OH excluding ortho intramolecular Hbond substituents is 1. The molecule has 0 aliphatic rings. The molecule has 0 aliphatic carbocycles. The number of benzene rings is 2. The highest BCUT2D eigenvalue weighted by Gasteiger charge is 2.17. The number of H-pyrrole nitrogens is 1. The van der Waals surface area contributed by atoms with Gasteiger partial charge >= 0.3 is 5.69 Å². The number of fused-ring (bicyclic) bond motifs is 1. The Morgan fingerprint density at radius 1 is 1.10 bits per heavy atom. The molecule has 0 fully saturated rings. The Labute approximate surface area is 168 Å². The number of phenols is 1. The lowest BCUT2D eigenvalue weighted by Crippen LogP contribution is -2.31. The number of aromatic amines is 1. The molecule has 29 heavy (non-hydrogen) atoms. The van der Waals surface area contributed by atoms with Gasteiger partial charge in [0, 0.05) is 16.8 Å². The fourth-order valence-electron chi connectivity index (χ4n) is 3.05. The van der Waals surface area contributed by atoms with Crippen molar-refractivity contribution in [1.29, 1.82) is 0 Å². The minimum atomic E-state index is -0.647. The second-order valence-corrected chi connectivity index (χ2v) is 6.85. The second-order valence-electron chi connectivity index (χ2n) is 6.42. The molecule has 0 aliphatic heterocycles. The van der Waals surface area contributed by atoms with E-state index in [1.54, 1.807) is 0 Å². The molecule has 0 unspecified atom stereocenters. The molecule has 4 aromatic rings. The van der Waals surface area contributed by atoms with Crippen molar-refractivity contribution in [2.45, 2.75) is 6.54 Å². The summed E-state index contributed by atoms with van der Waals surface area (Å²) in [7, 11) is 0. The van der Waals surface area contributed by atoms with Crippen LogP contribution in [0.5, 0.6) is 5.75 Å². The molecule has 0 bridgehead atoms. The van der Waals surface area contributed by atoms with E-state index in [1.165, 1.54) is 35.0 Å². The molecule has 2 N–H and O–H groups in total. The van der Waals surface area contributed by atoms with Gasteiger partial charge in [0.15, 0.2) is 5.78 Å². The van der Waals surface area contributed by atoms with Gasteiger partial charge in [0.05, 0.1) is 17.5 Å². The normalized spacial score (nSPS) is 10.9. The molecule has 8 heteroatoms. The highest BCUT2D eigenvalue weighted by atomic mass is 35.5. The van der Waals surface area contributed by atoms with E-state index in [-0.39, 0.29) is 39.5 Å². The van der Waals surface area contributed by atoms with Crippen LogP contribution in [0.1, 0.15) is 21.5 Å². The minimum Gasteiger partial charge on any atom is -0.507 e. The second kappa shape index (κ2) is 7.37. The molecule has 0 spiro atoms. The Hall–Kier alpha value is -3.71. The van der Waals surface area contributed by atoms with Gasteiger partial charge in [0.2, 0.25) is 0 Å². The van der Waals surface area contributed by atoms with Crippen molar-refractivity contribution >= 4 is 28.4 Å². The van der Waals surface area contributed by atoms with Crippen molar-refractivity contribution in [2.75, 3.05) is 0 Å². The number of nitrogens with one attached hydrogen (secondary N) is 1. The van der Waals surface area contributed by atoms with Gasteiger partial charge in [-0.3, -0.25) is 19.1 Å². The minimum absolute atomic E-state index is 0.00677. The van der Waals surface area contributed by atoms with Gasteiger partial charge in [-0.05, 0) is 29.8 Å². The quantitative estimate of drug-likeness (QED) is 0.506. The molecule has 2 aromatic heterocycles. The van der Waals surface area contributed by atoms with Crippen LogP contribution in [0.25, 0.3) is 11.0 Å². The number of carbonyl (C=O) groups excluding carboxylic acids is 1. The summed E-state index contributed by atoms with van der Waals surface area (Å²) in [6, 6.07) is 14.7. The fraction of sp³-hybridized carbons (Fsp3) is 0.0476. The first-order chi connectivity index (χ1) is 13.9. The average molecular weight is 408 g/mol. The lowest BCUT2D eigenvalue weighted by atomic mass is 10.0. The molecular weight excluding hydrogens is 394 g/mol. The van der Waals surface area contributed by atoms with E-state index in [9.17, 15) is 19.5 Å². The molecule has 2 heterocycles. The van der Waals surface area contributed by atoms with Crippen LogP contribution in [-0.4, -0.2) is 25.4 Å². The van der Waals surface area contributed by atoms with Crippen LogP contribution in [0.4, 0.5) is 0 Å². The highest BCUT2D eigenvalue weighted by molar-refractivity contribution is 6.31. The van der Waals surface area contributed by atoms with Gasteiger partial charge < -0.3 is 5.11 Å². The first kappa shape index (κ1) is 18.6. The van der Waals surface area contributed by atoms with Crippen LogP contribution in [0, 0.1) is 0 Å². The lowest BCUT2D eigenvalue weighted by molar-refractivity contribution is 0.103. The van der Waals surface area contributed by atoms with E-state index in [1.807, 2.05) is 30.3 Å². The number of hydrogen-bond acceptors (Lipinski definition) is 5. The van der Waals surface area contributed by atoms with Crippen molar-refractivity contribution in [3.05, 3.63) is 103 Å². The monoisotopic (exact) mass is 407 g/mol. The van der Waals surface area contributed by atoms with Gasteiger partial charge in [0.1, 0.15) is 11.4 Å². The molecule has 0 atom stereocenters. The van der Waals surface area contributed by atoms with Crippen molar-refractivity contribution in [3.63, 3.8) is 0 Å². The van der Waals surface area contributed by atoms with Gasteiger partial charge in [-0.1, -0.05) is 41.9 Å². The summed E-state index contributed by atoms with van der Waals surface area (Å²) in [5.74, 6) is -0.776. The summed E-state index contributed by atoms with van der Waals surface area (Å²) in [5, 5.41) is 10.3. The smallest absolute Gasteiger partial charge is 0.330 e. The molecule has 7 nitrogen and oxygen atoms in total. The van der Waals surface area contributed by atoms with Gasteiger partial charge in [-0.2, -0.15) is 0 Å². The van der Waals surface area contributed by atoms with Gasteiger partial charge in [-0.15, -0.1) is 0 Å². The summed E-state index contributed by atoms with van der Waals surface area (Å²) in [6.07, 6.45) is 1.27. The number of aromatic hydroxyl groups is 1. The van der Waals surface area contributed by atoms with E-state index in [4.69, 9.17) is 11.6 Å². The van der Waals surface area contributed by atoms with Crippen LogP contribution < -0.4 is 11.2 Å². The van der Waals surface area contributed by atoms with E-state index >= 15 is 0 Å². The van der Waals surface area contributed by atoms with Crippen molar-refractivity contribution in [3.8, 4) is 5.75 Å². The highest BCUT2D eigenvalue weighted by Crippen LogP contribution is 2.24. The summed E-state index contributed by atoms with van der Waals surface area (Å²) in [5.41, 5.74) is -0.140. The van der Waals surface area contributed by atoms with Crippen molar-refractivity contribution in [1.82, 2.24) is 14.5 Å². The summed E-state index contributed by atoms with van der Waals surface area (Å²) >= 11 is 5.91. The predicted octanol–water partition coefficient (Wildman–Crippen LogP) is 2.72. The standard InChI is InChI=1S/C21H14ClN3O4/c22-14-6-7-17(26)15(9-14)18(27)13-8-16-19(23-10-13)25(21(29)24-20(16)28)11-12-4-2-1-3-5-12/h1-10,26H,11H2,(H,24,28,29). The SMILES string of the molecule is O=C(c1cnc2c(c1)c(=O)[nH]c(=O)n2Cc1ccccc1)c1cc(Cl)ccc1O. The zero-order chi connectivity index (χ0) is 20.5. The van der Waals surface area contributed by atoms with E-state index in [0.29, 0.717) is 0 Å². The fourth-order valence-corrected chi connectivity index (χ4v) is 3.22. The Balaban J connectivity index is 1.84. The van der Waals surface area contributed by atoms with Crippen molar-refractivity contribution < 1.29 is 9.90 Å². The predicted molar refractivity (Wildman–Crippen MR) is 109 cm³/mol. The first-order valence-electron chi connectivity index (χ1n) is 8.64. The van der Waals surface area contributed by atoms with Crippen LogP contribution in [0.3, 0.4) is 0 Å². The molecule has 144 valence electrons. The van der Waals surface area contributed by atoms with Gasteiger partial charge in [0.25, 0.3) is 5.56 Å². The molecule has 0 amide bonds. The largest absolute Gasteiger partial charge is 0.507 e. The first-order valence-corrected chi connectivity index (χ1v) is 9.02. The summed E-state index contributed by atoms with van der Waals surface area (Å²) in [6.45, 7) is 0.211. The van der Waals surface area contributed by atoms with E-state index in [2.05, 4.69) is 9.97 Å². The maximum absolute atomic E-state index is 12.8. The van der Waals surface area contributed by atoms with E-state index < -0.39 is 17.0 Å². The zero-order valence-corrected chi connectivity index (χ0v) is 15.7. The Morgan fingerprint density at radius 3 is 2.62 bits per heavy atom. The number of hydrogen-bond donors (Lipinski definition) is 2. The van der Waals surface area contributed by atoms with Crippen LogP contribution in [0.2, 0.25) is 5.02 Å². The van der Waals surface area contributed by atoms with Crippen LogP contribution >= 0.6 is 11.6 Å². The number of pyridine rings is 1.